The zero-order valence-corrected chi connectivity index (χ0v) is 13.0. The molecule has 0 aromatic heterocycles. The first-order chi connectivity index (χ1) is 8.24. The van der Waals surface area contributed by atoms with Gasteiger partial charge >= 0.3 is 0 Å². The molecular formula is C15H28BrN. The molecule has 2 aliphatic carbocycles. The summed E-state index contributed by atoms with van der Waals surface area (Å²) in [5.74, 6) is 1.01. The summed E-state index contributed by atoms with van der Waals surface area (Å²) >= 11 is 3.80. The Balaban J connectivity index is 1.83. The van der Waals surface area contributed by atoms with E-state index in [2.05, 4.69) is 27.9 Å². The summed E-state index contributed by atoms with van der Waals surface area (Å²) in [4.78, 5) is 2.62. The van der Waals surface area contributed by atoms with Gasteiger partial charge in [-0.15, -0.1) is 0 Å². The van der Waals surface area contributed by atoms with Gasteiger partial charge in [-0.3, -0.25) is 0 Å². The molecule has 0 aromatic rings. The van der Waals surface area contributed by atoms with E-state index in [0.717, 1.165) is 5.92 Å². The van der Waals surface area contributed by atoms with Gasteiger partial charge in [-0.05, 0) is 44.1 Å². The maximum atomic E-state index is 3.80. The van der Waals surface area contributed by atoms with Crippen LogP contribution < -0.4 is 0 Å². The van der Waals surface area contributed by atoms with Crippen molar-refractivity contribution in [2.24, 2.45) is 11.3 Å². The fraction of sp³-hybridized carbons (Fsp3) is 1.00. The summed E-state index contributed by atoms with van der Waals surface area (Å²) in [6.45, 7) is 2.66. The van der Waals surface area contributed by atoms with E-state index in [1.165, 1.54) is 76.2 Å². The summed E-state index contributed by atoms with van der Waals surface area (Å²) in [6.07, 6.45) is 13.1. The third kappa shape index (κ3) is 3.96. The second-order valence-corrected chi connectivity index (χ2v) is 7.10. The van der Waals surface area contributed by atoms with Gasteiger partial charge in [-0.2, -0.15) is 0 Å². The Kier molecular flexibility index (Phi) is 5.35. The average molecular weight is 302 g/mol. The SMILES string of the molecule is CN(CC1CCC1)CC1(CBr)CCCCCC1. The largest absolute Gasteiger partial charge is 0.306 e. The van der Waals surface area contributed by atoms with Crippen LogP contribution in [0.1, 0.15) is 57.8 Å². The van der Waals surface area contributed by atoms with E-state index in [1.54, 1.807) is 0 Å². The highest BCUT2D eigenvalue weighted by Crippen LogP contribution is 2.38. The van der Waals surface area contributed by atoms with E-state index in [4.69, 9.17) is 0 Å². The minimum Gasteiger partial charge on any atom is -0.306 e. The van der Waals surface area contributed by atoms with Crippen molar-refractivity contribution in [2.45, 2.75) is 57.8 Å². The molecule has 0 spiro atoms. The van der Waals surface area contributed by atoms with Crippen molar-refractivity contribution in [3.8, 4) is 0 Å². The molecule has 0 atom stereocenters. The maximum Gasteiger partial charge on any atom is 0.0100 e. The van der Waals surface area contributed by atoms with Crippen LogP contribution in [0.25, 0.3) is 0 Å². The van der Waals surface area contributed by atoms with Crippen molar-refractivity contribution < 1.29 is 0 Å². The Morgan fingerprint density at radius 3 is 2.18 bits per heavy atom. The number of nitrogens with zero attached hydrogens (tertiary/aromatic N) is 1. The van der Waals surface area contributed by atoms with Crippen molar-refractivity contribution in [2.75, 3.05) is 25.5 Å². The molecule has 2 saturated carbocycles. The molecule has 2 rings (SSSR count). The highest BCUT2D eigenvalue weighted by molar-refractivity contribution is 9.09. The molecule has 1 nitrogen and oxygen atoms in total. The summed E-state index contributed by atoms with van der Waals surface area (Å²) in [6, 6.07) is 0. The first-order valence-electron chi connectivity index (χ1n) is 7.49. The molecule has 0 unspecified atom stereocenters. The van der Waals surface area contributed by atoms with Gasteiger partial charge in [0.05, 0.1) is 0 Å². The summed E-state index contributed by atoms with van der Waals surface area (Å²) in [5.41, 5.74) is 0.578. The zero-order valence-electron chi connectivity index (χ0n) is 11.4. The molecule has 17 heavy (non-hydrogen) atoms. The molecule has 2 aliphatic rings. The monoisotopic (exact) mass is 301 g/mol. The lowest BCUT2D eigenvalue weighted by molar-refractivity contribution is 0.135. The molecule has 0 aliphatic heterocycles. The maximum absolute atomic E-state index is 3.80. The van der Waals surface area contributed by atoms with E-state index < -0.39 is 0 Å². The van der Waals surface area contributed by atoms with Crippen LogP contribution in [0.5, 0.6) is 0 Å². The van der Waals surface area contributed by atoms with Gasteiger partial charge in [-0.1, -0.05) is 48.0 Å². The third-order valence-electron chi connectivity index (χ3n) is 4.85. The van der Waals surface area contributed by atoms with E-state index in [9.17, 15) is 0 Å². The van der Waals surface area contributed by atoms with E-state index in [0.29, 0.717) is 5.41 Å². The van der Waals surface area contributed by atoms with Gasteiger partial charge < -0.3 is 4.90 Å². The van der Waals surface area contributed by atoms with Crippen molar-refractivity contribution in [1.82, 2.24) is 4.90 Å². The highest BCUT2D eigenvalue weighted by Gasteiger charge is 2.32. The Morgan fingerprint density at radius 2 is 1.71 bits per heavy atom. The van der Waals surface area contributed by atoms with E-state index in [1.807, 2.05) is 0 Å². The van der Waals surface area contributed by atoms with Crippen molar-refractivity contribution >= 4 is 15.9 Å². The molecule has 0 bridgehead atoms. The summed E-state index contributed by atoms with van der Waals surface area (Å²) < 4.78 is 0. The van der Waals surface area contributed by atoms with Gasteiger partial charge in [0.15, 0.2) is 0 Å². The lowest BCUT2D eigenvalue weighted by atomic mass is 9.81. The minimum atomic E-state index is 0.578. The van der Waals surface area contributed by atoms with Crippen LogP contribution in [0.4, 0.5) is 0 Å². The van der Waals surface area contributed by atoms with Crippen LogP contribution in [-0.2, 0) is 0 Å². The minimum absolute atomic E-state index is 0.578. The molecule has 0 heterocycles. The summed E-state index contributed by atoms with van der Waals surface area (Å²) in [5, 5.41) is 1.20. The fourth-order valence-electron chi connectivity index (χ4n) is 3.57. The molecule has 0 aromatic carbocycles. The molecule has 0 amide bonds. The molecule has 2 fully saturated rings. The molecule has 100 valence electrons. The van der Waals surface area contributed by atoms with Gasteiger partial charge in [0.1, 0.15) is 0 Å². The van der Waals surface area contributed by atoms with Crippen LogP contribution in [0.15, 0.2) is 0 Å². The van der Waals surface area contributed by atoms with Gasteiger partial charge in [0, 0.05) is 18.4 Å². The number of halogens is 1. The first kappa shape index (κ1) is 13.9. The number of hydrogen-bond donors (Lipinski definition) is 0. The van der Waals surface area contributed by atoms with Crippen LogP contribution in [0.2, 0.25) is 0 Å². The number of hydrogen-bond acceptors (Lipinski definition) is 1. The van der Waals surface area contributed by atoms with Crippen molar-refractivity contribution in [3.63, 3.8) is 0 Å². The second kappa shape index (κ2) is 6.56. The second-order valence-electron chi connectivity index (χ2n) is 6.54. The highest BCUT2D eigenvalue weighted by atomic mass is 79.9. The zero-order chi connectivity index (χ0) is 12.1. The normalized spacial score (nSPS) is 25.6. The predicted octanol–water partition coefficient (Wildman–Crippen LogP) is 4.45. The lowest BCUT2D eigenvalue weighted by Gasteiger charge is -2.38. The smallest absolute Gasteiger partial charge is 0.0100 e. The molecule has 0 saturated heterocycles. The van der Waals surface area contributed by atoms with Crippen LogP contribution in [0, 0.1) is 11.3 Å². The number of alkyl halides is 1. The third-order valence-corrected chi connectivity index (χ3v) is 6.04. The number of rotatable bonds is 5. The molecular weight excluding hydrogens is 274 g/mol. The Hall–Kier alpha value is 0.440. The molecule has 0 radical (unpaired) electrons. The van der Waals surface area contributed by atoms with Gasteiger partial charge in [0.2, 0.25) is 0 Å². The van der Waals surface area contributed by atoms with Crippen LogP contribution in [0.3, 0.4) is 0 Å². The fourth-order valence-corrected chi connectivity index (χ4v) is 4.30. The Labute approximate surface area is 115 Å². The predicted molar refractivity (Wildman–Crippen MR) is 78.8 cm³/mol. The van der Waals surface area contributed by atoms with E-state index >= 15 is 0 Å². The first-order valence-corrected chi connectivity index (χ1v) is 8.61. The van der Waals surface area contributed by atoms with Crippen molar-refractivity contribution in [1.29, 1.82) is 0 Å². The molecule has 0 N–H and O–H groups in total. The standard InChI is InChI=1S/C15H28BrN/c1-17(11-14-7-6-8-14)13-15(12-16)9-4-2-3-5-10-15/h14H,2-13H2,1H3. The van der Waals surface area contributed by atoms with Crippen molar-refractivity contribution in [3.05, 3.63) is 0 Å². The Bertz CT molecular complexity index is 217. The van der Waals surface area contributed by atoms with Crippen LogP contribution >= 0.6 is 15.9 Å². The quantitative estimate of drug-likeness (QED) is 0.535. The summed E-state index contributed by atoms with van der Waals surface area (Å²) in [7, 11) is 2.34. The van der Waals surface area contributed by atoms with Gasteiger partial charge in [-0.25, -0.2) is 0 Å². The lowest BCUT2D eigenvalue weighted by Crippen LogP contribution is -2.40. The topological polar surface area (TPSA) is 3.24 Å². The molecule has 2 heteroatoms. The Morgan fingerprint density at radius 1 is 1.06 bits per heavy atom. The van der Waals surface area contributed by atoms with Crippen LogP contribution in [-0.4, -0.2) is 30.4 Å². The van der Waals surface area contributed by atoms with E-state index in [-0.39, 0.29) is 0 Å². The van der Waals surface area contributed by atoms with Gasteiger partial charge in [0.25, 0.3) is 0 Å². The average Bonchev–Trinajstić information content (AvgIpc) is 2.50.